The quantitative estimate of drug-likeness (QED) is 0.685. The van der Waals surface area contributed by atoms with E-state index in [1.165, 1.54) is 0 Å². The Labute approximate surface area is 185 Å². The van der Waals surface area contributed by atoms with E-state index in [1.807, 2.05) is 0 Å². The van der Waals surface area contributed by atoms with Gasteiger partial charge >= 0.3 is 0 Å². The molecule has 0 saturated carbocycles. The number of aryl methyl sites for hydroxylation is 1. The van der Waals surface area contributed by atoms with Crippen LogP contribution < -0.4 is 10.2 Å². The molecule has 0 bridgehead atoms. The molecule has 3 aliphatic rings. The van der Waals surface area contributed by atoms with Crippen LogP contribution in [-0.2, 0) is 27.4 Å². The van der Waals surface area contributed by atoms with Crippen LogP contribution in [0.25, 0.3) is 11.2 Å². The molecule has 2 aromatic heterocycles. The SMILES string of the molecule is CCn1c(CN2CCC3(CC2)CNC(=O)CO3)nc2c(N3CCOCC3)nc(Cl)nc21. The molecule has 0 unspecified atom stereocenters. The van der Waals surface area contributed by atoms with E-state index in [2.05, 4.69) is 36.6 Å². The Balaban J connectivity index is 1.37. The number of anilines is 1. The molecule has 3 fully saturated rings. The highest BCUT2D eigenvalue weighted by Gasteiger charge is 2.39. The van der Waals surface area contributed by atoms with Crippen molar-refractivity contribution in [1.29, 1.82) is 0 Å². The Kier molecular flexibility index (Phi) is 5.72. The second kappa shape index (κ2) is 8.50. The fourth-order valence-corrected chi connectivity index (χ4v) is 4.83. The van der Waals surface area contributed by atoms with Crippen LogP contribution >= 0.6 is 11.6 Å². The Morgan fingerprint density at radius 1 is 1.13 bits per heavy atom. The maximum absolute atomic E-state index is 11.4. The van der Waals surface area contributed by atoms with E-state index in [4.69, 9.17) is 26.1 Å². The number of carbonyl (C=O) groups excluding carboxylic acids is 1. The van der Waals surface area contributed by atoms with Crippen LogP contribution in [-0.4, -0.2) is 88.5 Å². The lowest BCUT2D eigenvalue weighted by Gasteiger charge is -2.43. The zero-order valence-corrected chi connectivity index (χ0v) is 18.5. The van der Waals surface area contributed by atoms with E-state index < -0.39 is 0 Å². The molecular weight excluding hydrogens is 422 g/mol. The van der Waals surface area contributed by atoms with Crippen molar-refractivity contribution in [2.45, 2.75) is 38.5 Å². The van der Waals surface area contributed by atoms with Crippen molar-refractivity contribution >= 4 is 34.5 Å². The molecule has 5 rings (SSSR count). The summed E-state index contributed by atoms with van der Waals surface area (Å²) >= 11 is 6.29. The fraction of sp³-hybridized carbons (Fsp3) is 0.700. The zero-order chi connectivity index (χ0) is 21.4. The molecule has 0 aliphatic carbocycles. The zero-order valence-electron chi connectivity index (χ0n) is 17.8. The molecule has 1 spiro atoms. The van der Waals surface area contributed by atoms with E-state index in [-0.39, 0.29) is 23.4 Å². The monoisotopic (exact) mass is 449 g/mol. The predicted octanol–water partition coefficient (Wildman–Crippen LogP) is 0.817. The van der Waals surface area contributed by atoms with Crippen LogP contribution in [0.15, 0.2) is 0 Å². The van der Waals surface area contributed by atoms with Gasteiger partial charge in [-0.2, -0.15) is 9.97 Å². The number of rotatable bonds is 4. The number of morpholine rings is 2. The average molecular weight is 450 g/mol. The Morgan fingerprint density at radius 2 is 1.90 bits per heavy atom. The standard InChI is InChI=1S/C20H28ClN7O3/c1-2-28-14(11-26-5-3-20(4-6-26)13-22-15(29)12-31-20)23-16-17(24-19(21)25-18(16)28)27-7-9-30-10-8-27/h2-13H2,1H3,(H,22,29). The molecular formula is C20H28ClN7O3. The molecule has 0 atom stereocenters. The summed E-state index contributed by atoms with van der Waals surface area (Å²) in [6.45, 7) is 9.00. The number of imidazole rings is 1. The van der Waals surface area contributed by atoms with Gasteiger partial charge in [0.15, 0.2) is 17.0 Å². The van der Waals surface area contributed by atoms with Crippen LogP contribution in [0, 0.1) is 0 Å². The van der Waals surface area contributed by atoms with Gasteiger partial charge in [-0.25, -0.2) is 4.98 Å². The second-order valence-electron chi connectivity index (χ2n) is 8.38. The van der Waals surface area contributed by atoms with E-state index in [0.29, 0.717) is 19.8 Å². The summed E-state index contributed by atoms with van der Waals surface area (Å²) in [5.41, 5.74) is 1.36. The first-order valence-electron chi connectivity index (χ1n) is 11.0. The minimum Gasteiger partial charge on any atom is -0.378 e. The van der Waals surface area contributed by atoms with Gasteiger partial charge in [0.25, 0.3) is 0 Å². The molecule has 3 aliphatic heterocycles. The van der Waals surface area contributed by atoms with Crippen molar-refractivity contribution in [2.75, 3.05) is 57.4 Å². The van der Waals surface area contributed by atoms with E-state index in [1.54, 1.807) is 0 Å². The number of piperidine rings is 1. The number of carbonyl (C=O) groups is 1. The van der Waals surface area contributed by atoms with Crippen molar-refractivity contribution in [1.82, 2.24) is 29.7 Å². The first-order valence-corrected chi connectivity index (χ1v) is 11.3. The maximum atomic E-state index is 11.4. The molecule has 5 heterocycles. The molecule has 31 heavy (non-hydrogen) atoms. The third-order valence-corrected chi connectivity index (χ3v) is 6.67. The molecule has 0 aromatic carbocycles. The summed E-state index contributed by atoms with van der Waals surface area (Å²) in [4.78, 5) is 30.0. The lowest BCUT2D eigenvalue weighted by molar-refractivity contribution is -0.150. The average Bonchev–Trinajstić information content (AvgIpc) is 3.14. The first kappa shape index (κ1) is 20.9. The van der Waals surface area contributed by atoms with Gasteiger partial charge in [0.05, 0.1) is 25.4 Å². The third-order valence-electron chi connectivity index (χ3n) is 6.50. The number of amides is 1. The Bertz CT molecular complexity index is 955. The molecule has 0 radical (unpaired) electrons. The number of halogens is 1. The highest BCUT2D eigenvalue weighted by molar-refractivity contribution is 6.28. The summed E-state index contributed by atoms with van der Waals surface area (Å²) in [5.74, 6) is 1.73. The Morgan fingerprint density at radius 3 is 2.58 bits per heavy atom. The summed E-state index contributed by atoms with van der Waals surface area (Å²) in [7, 11) is 0. The van der Waals surface area contributed by atoms with E-state index >= 15 is 0 Å². The van der Waals surface area contributed by atoms with Gasteiger partial charge in [0.1, 0.15) is 12.4 Å². The maximum Gasteiger partial charge on any atom is 0.246 e. The van der Waals surface area contributed by atoms with Crippen molar-refractivity contribution < 1.29 is 14.3 Å². The van der Waals surface area contributed by atoms with Gasteiger partial charge in [0.2, 0.25) is 11.2 Å². The number of nitrogens with zero attached hydrogens (tertiary/aromatic N) is 6. The van der Waals surface area contributed by atoms with E-state index in [9.17, 15) is 4.79 Å². The molecule has 2 aromatic rings. The van der Waals surface area contributed by atoms with Gasteiger partial charge in [-0.3, -0.25) is 9.69 Å². The lowest BCUT2D eigenvalue weighted by Crippen LogP contribution is -2.57. The van der Waals surface area contributed by atoms with Crippen LogP contribution in [0.3, 0.4) is 0 Å². The smallest absolute Gasteiger partial charge is 0.246 e. The van der Waals surface area contributed by atoms with Crippen molar-refractivity contribution in [3.05, 3.63) is 11.1 Å². The van der Waals surface area contributed by atoms with Gasteiger partial charge < -0.3 is 24.3 Å². The van der Waals surface area contributed by atoms with Gasteiger partial charge in [0, 0.05) is 39.3 Å². The van der Waals surface area contributed by atoms with Crippen LogP contribution in [0.5, 0.6) is 0 Å². The number of likely N-dealkylation sites (tertiary alicyclic amines) is 1. The number of fused-ring (bicyclic) bond motifs is 1. The molecule has 10 nitrogen and oxygen atoms in total. The number of hydrogen-bond donors (Lipinski definition) is 1. The van der Waals surface area contributed by atoms with Crippen LogP contribution in [0.2, 0.25) is 5.28 Å². The predicted molar refractivity (Wildman–Crippen MR) is 115 cm³/mol. The van der Waals surface area contributed by atoms with Gasteiger partial charge in [-0.05, 0) is 31.4 Å². The highest BCUT2D eigenvalue weighted by Crippen LogP contribution is 2.30. The second-order valence-corrected chi connectivity index (χ2v) is 8.72. The fourth-order valence-electron chi connectivity index (χ4n) is 4.67. The van der Waals surface area contributed by atoms with Crippen molar-refractivity contribution in [3.63, 3.8) is 0 Å². The van der Waals surface area contributed by atoms with Crippen molar-refractivity contribution in [3.8, 4) is 0 Å². The Hall–Kier alpha value is -2.01. The molecule has 11 heteroatoms. The van der Waals surface area contributed by atoms with Gasteiger partial charge in [-0.1, -0.05) is 0 Å². The largest absolute Gasteiger partial charge is 0.378 e. The minimum atomic E-state index is -0.224. The highest BCUT2D eigenvalue weighted by atomic mass is 35.5. The summed E-state index contributed by atoms with van der Waals surface area (Å²) in [6, 6.07) is 0. The van der Waals surface area contributed by atoms with Crippen LogP contribution in [0.1, 0.15) is 25.6 Å². The van der Waals surface area contributed by atoms with E-state index in [0.717, 1.165) is 74.9 Å². The molecule has 168 valence electrons. The topological polar surface area (TPSA) is 97.6 Å². The molecule has 1 amide bonds. The molecule has 3 saturated heterocycles. The first-order chi connectivity index (χ1) is 15.1. The summed E-state index contributed by atoms with van der Waals surface area (Å²) < 4.78 is 13.5. The number of hydrogen-bond acceptors (Lipinski definition) is 8. The number of ether oxygens (including phenoxy) is 2. The van der Waals surface area contributed by atoms with Crippen molar-refractivity contribution in [2.24, 2.45) is 0 Å². The summed E-state index contributed by atoms with van der Waals surface area (Å²) in [5, 5.41) is 3.19. The third kappa shape index (κ3) is 4.09. The number of aromatic nitrogens is 4. The number of nitrogens with one attached hydrogen (secondary N) is 1. The summed E-state index contributed by atoms with van der Waals surface area (Å²) in [6.07, 6.45) is 1.79. The van der Waals surface area contributed by atoms with Crippen LogP contribution in [0.4, 0.5) is 5.82 Å². The molecule has 1 N–H and O–H groups in total. The normalized spacial score (nSPS) is 22.3. The minimum absolute atomic E-state index is 0.0273. The lowest BCUT2D eigenvalue weighted by atomic mass is 9.90. The van der Waals surface area contributed by atoms with Gasteiger partial charge in [-0.15, -0.1) is 0 Å².